The molecule has 0 bridgehead atoms. The minimum absolute atomic E-state index is 0.0830. The van der Waals surface area contributed by atoms with Crippen LogP contribution in [-0.4, -0.2) is 281 Å². The van der Waals surface area contributed by atoms with Crippen molar-refractivity contribution in [1.29, 1.82) is 0 Å². The molecule has 9 fully saturated rings. The van der Waals surface area contributed by atoms with Crippen LogP contribution in [0.2, 0.25) is 0 Å². The zero-order chi connectivity index (χ0) is 64.5. The minimum Gasteiger partial charge on any atom is -0.394 e. The summed E-state index contributed by atoms with van der Waals surface area (Å²) in [5.74, 6) is -1.27. The molecule has 0 spiro atoms. The van der Waals surface area contributed by atoms with Crippen molar-refractivity contribution in [3.05, 3.63) is 11.6 Å². The van der Waals surface area contributed by atoms with Crippen LogP contribution in [0.25, 0.3) is 0 Å². The van der Waals surface area contributed by atoms with E-state index in [0.29, 0.717) is 19.3 Å². The molecule has 30 heteroatoms. The summed E-state index contributed by atoms with van der Waals surface area (Å²) in [6.45, 7) is 16.7. The first-order valence-corrected chi connectivity index (χ1v) is 32.5. The Hall–Kier alpha value is -1.39. The van der Waals surface area contributed by atoms with Crippen LogP contribution < -0.4 is 0 Å². The van der Waals surface area contributed by atoms with Gasteiger partial charge in [-0.3, -0.25) is 4.55 Å². The Morgan fingerprint density at radius 3 is 1.67 bits per heavy atom. The molecule has 0 radical (unpaired) electrons. The van der Waals surface area contributed by atoms with Gasteiger partial charge in [0.05, 0.1) is 61.0 Å². The van der Waals surface area contributed by atoms with Crippen molar-refractivity contribution in [2.75, 3.05) is 6.61 Å². The summed E-state index contributed by atoms with van der Waals surface area (Å²) < 4.78 is 108. The van der Waals surface area contributed by atoms with Crippen LogP contribution in [0.1, 0.15) is 108 Å². The van der Waals surface area contributed by atoms with E-state index in [1.807, 2.05) is 20.8 Å². The number of allylic oxidation sites excluding steroid dienone is 2. The van der Waals surface area contributed by atoms with Gasteiger partial charge in [0.15, 0.2) is 31.5 Å². The van der Waals surface area contributed by atoms with Crippen molar-refractivity contribution in [2.24, 2.45) is 46.3 Å². The van der Waals surface area contributed by atoms with Gasteiger partial charge in [-0.2, -0.15) is 8.42 Å². The van der Waals surface area contributed by atoms with Gasteiger partial charge < -0.3 is 124 Å². The van der Waals surface area contributed by atoms with E-state index in [4.69, 9.17) is 56.3 Å². The van der Waals surface area contributed by atoms with Gasteiger partial charge in [0.1, 0.15) is 104 Å². The summed E-state index contributed by atoms with van der Waals surface area (Å²) in [4.78, 5) is 0. The third-order valence-electron chi connectivity index (χ3n) is 22.1. The Morgan fingerprint density at radius 2 is 1.10 bits per heavy atom. The van der Waals surface area contributed by atoms with Crippen molar-refractivity contribution in [1.82, 2.24) is 0 Å². The lowest BCUT2D eigenvalue weighted by atomic mass is 9.47. The van der Waals surface area contributed by atoms with Crippen LogP contribution in [0.3, 0.4) is 0 Å². The maximum Gasteiger partial charge on any atom is 0.397 e. The molecule has 0 aromatic heterocycles. The standard InChI is InChI=1S/C58H96O29S/c1-19(2)20(3)33(60)50-58(10,72)49-31(80-50)17-28-26-16-30(29-15-25(87-88(73,74)75)11-13-56(29,8)27(26)12-14-57(28,49)9)81-53-44(71)46(36(63)23(6)78-53)84-54-48(86-52-42(69)39(66)35(62)22(5)77-52)43(70)45(24(7)79-54)83-55-47(40(67)37(64)32(18-59)82-55)85-51-41(68)38(65)34(61)21(4)76-51/h12,19-26,28-55,59-72H,11,13-18H2,1-10H3,(H,73,74,75). The van der Waals surface area contributed by atoms with Gasteiger partial charge in [-0.25, -0.2) is 4.18 Å². The van der Waals surface area contributed by atoms with Gasteiger partial charge >= 0.3 is 10.4 Å². The molecule has 38 unspecified atom stereocenters. The summed E-state index contributed by atoms with van der Waals surface area (Å²) in [6.07, 6.45) is -42.4. The fourth-order valence-electron chi connectivity index (χ4n) is 16.8. The maximum atomic E-state index is 12.5. The summed E-state index contributed by atoms with van der Waals surface area (Å²) in [7, 11) is -4.90. The topological polar surface area (TPSA) is 448 Å². The SMILES string of the molecule is CC(C)C(C)C(O)C1OC2CC3C4CC(OC5OC(C)C(O)C(OC6OC(C)C(OC7OC(CO)C(O)C(O)C7OC7OC(C)C(O)C(O)C7O)C(O)C6OC6OC(C)C(O)C(O)C6O)C5O)C5CC(OS(=O)(=O)O)CCC5(C)C4=CCC3(C)C2C1(C)O. The molecular weight excluding hydrogens is 1190 g/mol. The Balaban J connectivity index is 0.930. The number of fused-ring (bicyclic) bond motifs is 7. The Labute approximate surface area is 511 Å². The molecule has 508 valence electrons. The minimum atomic E-state index is -4.90. The molecule has 0 amide bonds. The molecule has 10 rings (SSSR count). The molecule has 0 aromatic carbocycles. The first-order chi connectivity index (χ1) is 41.0. The van der Waals surface area contributed by atoms with Gasteiger partial charge in [0, 0.05) is 5.92 Å². The highest BCUT2D eigenvalue weighted by Crippen LogP contribution is 2.69. The lowest BCUT2D eigenvalue weighted by molar-refractivity contribution is -0.407. The molecule has 4 aliphatic carbocycles. The summed E-state index contributed by atoms with van der Waals surface area (Å²) in [5, 5.41) is 158. The number of ether oxygens (including phenoxy) is 11. The molecule has 6 aliphatic heterocycles. The molecular formula is C58H96O29S. The third-order valence-corrected chi connectivity index (χ3v) is 22.6. The van der Waals surface area contributed by atoms with E-state index < -0.39 is 223 Å². The number of aliphatic hydroxyl groups is 14. The second-order valence-corrected chi connectivity index (χ2v) is 29.0. The zero-order valence-electron chi connectivity index (χ0n) is 51.1. The highest BCUT2D eigenvalue weighted by atomic mass is 32.3. The molecule has 88 heavy (non-hydrogen) atoms. The normalized spacial score (nSPS) is 54.8. The smallest absolute Gasteiger partial charge is 0.394 e. The second-order valence-electron chi connectivity index (χ2n) is 27.9. The van der Waals surface area contributed by atoms with Crippen LogP contribution >= 0.6 is 0 Å². The molecule has 3 saturated carbocycles. The highest BCUT2D eigenvalue weighted by Gasteiger charge is 2.71. The quantitative estimate of drug-likeness (QED) is 0.0533. The number of hydrogen-bond acceptors (Lipinski definition) is 28. The average molecular weight is 1290 g/mol. The highest BCUT2D eigenvalue weighted by molar-refractivity contribution is 7.80. The predicted molar refractivity (Wildman–Crippen MR) is 295 cm³/mol. The van der Waals surface area contributed by atoms with E-state index in [1.165, 1.54) is 27.7 Å². The Bertz CT molecular complexity index is 2530. The zero-order valence-corrected chi connectivity index (χ0v) is 52.0. The second kappa shape index (κ2) is 26.0. The monoisotopic (exact) mass is 1290 g/mol. The Morgan fingerprint density at radius 1 is 0.580 bits per heavy atom. The molecule has 6 heterocycles. The number of hydrogen-bond donors (Lipinski definition) is 15. The lowest BCUT2D eigenvalue weighted by Crippen LogP contribution is -2.68. The summed E-state index contributed by atoms with van der Waals surface area (Å²) in [6, 6.07) is 0. The summed E-state index contributed by atoms with van der Waals surface area (Å²) >= 11 is 0. The van der Waals surface area contributed by atoms with Gasteiger partial charge in [0.2, 0.25) is 0 Å². The molecule has 15 N–H and O–H groups in total. The van der Waals surface area contributed by atoms with E-state index in [0.717, 1.165) is 5.57 Å². The van der Waals surface area contributed by atoms with Crippen LogP contribution in [0.5, 0.6) is 0 Å². The average Bonchev–Trinajstić information content (AvgIpc) is 1.46. The van der Waals surface area contributed by atoms with E-state index in [9.17, 15) is 84.5 Å². The fourth-order valence-corrected chi connectivity index (χ4v) is 17.3. The van der Waals surface area contributed by atoms with Crippen LogP contribution in [0, 0.1) is 46.3 Å². The van der Waals surface area contributed by atoms with Gasteiger partial charge in [0.25, 0.3) is 0 Å². The predicted octanol–water partition coefficient (Wildman–Crippen LogP) is -3.26. The number of rotatable bonds is 16. The van der Waals surface area contributed by atoms with Gasteiger partial charge in [-0.05, 0) is 114 Å². The first kappa shape index (κ1) is 69.4. The van der Waals surface area contributed by atoms with Crippen molar-refractivity contribution in [3.63, 3.8) is 0 Å². The fraction of sp³-hybridized carbons (Fsp3) is 0.966. The van der Waals surface area contributed by atoms with E-state index in [2.05, 4.69) is 19.9 Å². The first-order valence-electron chi connectivity index (χ1n) is 31.1. The van der Waals surface area contributed by atoms with Gasteiger partial charge in [-0.15, -0.1) is 0 Å². The van der Waals surface area contributed by atoms with Crippen molar-refractivity contribution in [2.45, 2.75) is 297 Å². The number of aliphatic hydroxyl groups excluding tert-OH is 13. The van der Waals surface area contributed by atoms with Crippen LogP contribution in [-0.2, 0) is 66.7 Å². The molecule has 38 atom stereocenters. The van der Waals surface area contributed by atoms with Crippen molar-refractivity contribution >= 4 is 10.4 Å². The Kier molecular flexibility index (Phi) is 20.5. The molecule has 6 saturated heterocycles. The van der Waals surface area contributed by atoms with Crippen molar-refractivity contribution < 1.29 is 141 Å². The third kappa shape index (κ3) is 12.5. The summed E-state index contributed by atoms with van der Waals surface area (Å²) in [5.41, 5.74) is -1.51. The molecule has 29 nitrogen and oxygen atoms in total. The van der Waals surface area contributed by atoms with E-state index in [-0.39, 0.29) is 48.9 Å². The van der Waals surface area contributed by atoms with E-state index in [1.54, 1.807) is 6.92 Å². The van der Waals surface area contributed by atoms with Gasteiger partial charge in [-0.1, -0.05) is 46.3 Å². The maximum absolute atomic E-state index is 12.5. The molecule has 0 aromatic rings. The largest absolute Gasteiger partial charge is 0.397 e. The van der Waals surface area contributed by atoms with Crippen molar-refractivity contribution in [3.8, 4) is 0 Å². The van der Waals surface area contributed by atoms with Crippen LogP contribution in [0.15, 0.2) is 11.6 Å². The lowest BCUT2D eigenvalue weighted by Gasteiger charge is -2.60. The van der Waals surface area contributed by atoms with Crippen LogP contribution in [0.4, 0.5) is 0 Å². The molecule has 10 aliphatic rings. The van der Waals surface area contributed by atoms with E-state index >= 15 is 0 Å².